The van der Waals surface area contributed by atoms with Gasteiger partial charge in [0.15, 0.2) is 16.7 Å². The van der Waals surface area contributed by atoms with Gasteiger partial charge in [0.2, 0.25) is 0 Å². The van der Waals surface area contributed by atoms with Crippen LogP contribution in [0.2, 0.25) is 5.02 Å². The minimum Gasteiger partial charge on any atom is -0.423 e. The Morgan fingerprint density at radius 3 is 2.39 bits per heavy atom. The van der Waals surface area contributed by atoms with Crippen molar-refractivity contribution in [2.45, 2.75) is 13.8 Å². The van der Waals surface area contributed by atoms with E-state index in [1.165, 1.54) is 31.7 Å². The van der Waals surface area contributed by atoms with Gasteiger partial charge in [0.05, 0.1) is 9.38 Å². The third kappa shape index (κ3) is 5.75. The van der Waals surface area contributed by atoms with Crippen molar-refractivity contribution in [1.82, 2.24) is 0 Å². The number of carbonyl (C=O) groups excluding carboxylic acids is 3. The van der Waals surface area contributed by atoms with E-state index in [0.29, 0.717) is 25.1 Å². The van der Waals surface area contributed by atoms with Crippen LogP contribution < -0.4 is 14.4 Å². The fourth-order valence-corrected chi connectivity index (χ4v) is 4.18. The highest BCUT2D eigenvalue weighted by molar-refractivity contribution is 9.10. The summed E-state index contributed by atoms with van der Waals surface area (Å²) in [5.74, 6) is -1.40. The molecule has 31 heavy (non-hydrogen) atoms. The molecule has 0 saturated heterocycles. The normalized spacial score (nSPS) is 14.4. The molecule has 0 atom stereocenters. The maximum atomic E-state index is 12.4. The Labute approximate surface area is 196 Å². The van der Waals surface area contributed by atoms with E-state index >= 15 is 0 Å². The molecule has 0 bridgehead atoms. The maximum absolute atomic E-state index is 12.4. The van der Waals surface area contributed by atoms with Gasteiger partial charge in [-0.25, -0.2) is 0 Å². The molecule has 2 aromatic rings. The summed E-state index contributed by atoms with van der Waals surface area (Å²) in [5.41, 5.74) is 1.38. The number of esters is 2. The number of hydrogen-bond acceptors (Lipinski definition) is 7. The first-order valence-electron chi connectivity index (χ1n) is 8.86. The highest BCUT2D eigenvalue weighted by Gasteiger charge is 2.26. The molecule has 10 heteroatoms. The van der Waals surface area contributed by atoms with Gasteiger partial charge in [-0.1, -0.05) is 11.6 Å². The van der Waals surface area contributed by atoms with Crippen molar-refractivity contribution in [1.29, 1.82) is 0 Å². The van der Waals surface area contributed by atoms with Crippen molar-refractivity contribution >= 4 is 74.1 Å². The van der Waals surface area contributed by atoms with Crippen molar-refractivity contribution in [3.8, 4) is 11.5 Å². The van der Waals surface area contributed by atoms with Crippen molar-refractivity contribution < 1.29 is 23.9 Å². The summed E-state index contributed by atoms with van der Waals surface area (Å²) in [5, 5.41) is 1.12. The van der Waals surface area contributed by atoms with Gasteiger partial charge in [0, 0.05) is 31.6 Å². The number of thioether (sulfide) groups is 1. The van der Waals surface area contributed by atoms with E-state index in [1.54, 1.807) is 36.2 Å². The van der Waals surface area contributed by atoms with Gasteiger partial charge in [0.25, 0.3) is 5.91 Å². The summed E-state index contributed by atoms with van der Waals surface area (Å²) >= 11 is 10.5. The van der Waals surface area contributed by atoms with Gasteiger partial charge >= 0.3 is 11.9 Å². The van der Waals surface area contributed by atoms with Gasteiger partial charge in [-0.05, 0) is 75.7 Å². The van der Waals surface area contributed by atoms with Crippen LogP contribution >= 0.6 is 39.3 Å². The maximum Gasteiger partial charge on any atom is 0.308 e. The van der Waals surface area contributed by atoms with E-state index in [-0.39, 0.29) is 11.5 Å². The molecule has 0 aromatic heterocycles. The third-order valence-corrected chi connectivity index (χ3v) is 5.84. The van der Waals surface area contributed by atoms with Crippen molar-refractivity contribution in [3.05, 3.63) is 56.4 Å². The molecule has 3 rings (SSSR count). The van der Waals surface area contributed by atoms with Crippen LogP contribution in [0, 0.1) is 0 Å². The monoisotopic (exact) mass is 522 g/mol. The Bertz CT molecular complexity index is 1130. The quantitative estimate of drug-likeness (QED) is 0.315. The van der Waals surface area contributed by atoms with Gasteiger partial charge in [-0.15, -0.1) is 0 Å². The predicted molar refractivity (Wildman–Crippen MR) is 125 cm³/mol. The highest BCUT2D eigenvalue weighted by Crippen LogP contribution is 2.39. The molecule has 0 aliphatic carbocycles. The van der Waals surface area contributed by atoms with Gasteiger partial charge in [-0.2, -0.15) is 4.99 Å². The zero-order chi connectivity index (χ0) is 22.7. The smallest absolute Gasteiger partial charge is 0.308 e. The lowest BCUT2D eigenvalue weighted by Gasteiger charge is -2.17. The fourth-order valence-electron chi connectivity index (χ4n) is 2.61. The topological polar surface area (TPSA) is 85.3 Å². The Hall–Kier alpha value is -2.62. The average molecular weight is 524 g/mol. The zero-order valence-corrected chi connectivity index (χ0v) is 19.8. The second-order valence-corrected chi connectivity index (χ2v) is 8.66. The SMILES string of the molecule is CC(=O)Oc1cc(C=C2SC(N(C)c3ccc(Cl)cc3)=NC2=O)cc(Br)c1OC(C)=O. The Morgan fingerprint density at radius 1 is 1.13 bits per heavy atom. The number of benzene rings is 2. The number of halogens is 2. The minimum atomic E-state index is -0.577. The van der Waals surface area contributed by atoms with E-state index in [1.807, 2.05) is 12.1 Å². The first kappa shape index (κ1) is 23.1. The largest absolute Gasteiger partial charge is 0.423 e. The molecule has 2 aromatic carbocycles. The lowest BCUT2D eigenvalue weighted by atomic mass is 10.2. The van der Waals surface area contributed by atoms with Crippen LogP contribution in [0.15, 0.2) is 50.8 Å². The molecule has 1 aliphatic rings. The van der Waals surface area contributed by atoms with Crippen LogP contribution in [0.5, 0.6) is 11.5 Å². The van der Waals surface area contributed by atoms with Crippen LogP contribution in [-0.2, 0) is 14.4 Å². The Balaban J connectivity index is 1.88. The fraction of sp³-hybridized carbons (Fsp3) is 0.143. The van der Waals surface area contributed by atoms with Crippen LogP contribution in [0.3, 0.4) is 0 Å². The first-order chi connectivity index (χ1) is 14.6. The minimum absolute atomic E-state index is 0.0544. The number of hydrogen-bond donors (Lipinski definition) is 0. The number of carbonyl (C=O) groups is 3. The predicted octanol–water partition coefficient (Wildman–Crippen LogP) is 5.06. The number of rotatable bonds is 4. The summed E-state index contributed by atoms with van der Waals surface area (Å²) in [6.07, 6.45) is 1.62. The Kier molecular flexibility index (Phi) is 7.19. The molecular formula is C21H16BrClN2O5S. The summed E-state index contributed by atoms with van der Waals surface area (Å²) in [7, 11) is 1.80. The van der Waals surface area contributed by atoms with Crippen molar-refractivity contribution in [3.63, 3.8) is 0 Å². The van der Waals surface area contributed by atoms with Crippen molar-refractivity contribution in [2.24, 2.45) is 4.99 Å². The van der Waals surface area contributed by atoms with Crippen LogP contribution in [0.25, 0.3) is 6.08 Å². The van der Waals surface area contributed by atoms with Crippen LogP contribution in [0.4, 0.5) is 5.69 Å². The lowest BCUT2D eigenvalue weighted by molar-refractivity contribution is -0.134. The number of aliphatic imine (C=N–C) groups is 1. The third-order valence-electron chi connectivity index (χ3n) is 3.94. The van der Waals surface area contributed by atoms with E-state index in [9.17, 15) is 14.4 Å². The van der Waals surface area contributed by atoms with E-state index in [0.717, 1.165) is 5.69 Å². The molecule has 0 radical (unpaired) electrons. The zero-order valence-electron chi connectivity index (χ0n) is 16.6. The molecule has 1 amide bonds. The number of ether oxygens (including phenoxy) is 2. The van der Waals surface area contributed by atoms with Gasteiger partial charge < -0.3 is 14.4 Å². The molecule has 7 nitrogen and oxygen atoms in total. The lowest BCUT2D eigenvalue weighted by Crippen LogP contribution is -2.21. The second kappa shape index (κ2) is 9.67. The number of amides is 1. The molecule has 0 unspecified atom stereocenters. The molecule has 0 fully saturated rings. The highest BCUT2D eigenvalue weighted by atomic mass is 79.9. The van der Waals surface area contributed by atoms with E-state index in [4.69, 9.17) is 21.1 Å². The standard InChI is InChI=1S/C21H16BrClN2O5S/c1-11(26)29-17-9-13(8-16(22)19(17)30-12(2)27)10-18-20(28)24-21(31-18)25(3)15-6-4-14(23)5-7-15/h4-10H,1-3H3. The average Bonchev–Trinajstić information content (AvgIpc) is 3.04. The Morgan fingerprint density at radius 2 is 1.77 bits per heavy atom. The number of anilines is 1. The molecule has 0 N–H and O–H groups in total. The van der Waals surface area contributed by atoms with E-state index in [2.05, 4.69) is 20.9 Å². The number of amidine groups is 1. The molecule has 0 saturated carbocycles. The summed E-state index contributed by atoms with van der Waals surface area (Å²) < 4.78 is 10.7. The summed E-state index contributed by atoms with van der Waals surface area (Å²) in [6.45, 7) is 2.48. The molecule has 0 spiro atoms. The molecule has 1 heterocycles. The van der Waals surface area contributed by atoms with Gasteiger partial charge in [0.1, 0.15) is 0 Å². The van der Waals surface area contributed by atoms with Crippen molar-refractivity contribution in [2.75, 3.05) is 11.9 Å². The summed E-state index contributed by atoms with van der Waals surface area (Å²) in [4.78, 5) is 41.6. The number of nitrogens with zero attached hydrogens (tertiary/aromatic N) is 2. The first-order valence-corrected chi connectivity index (χ1v) is 10.8. The molecule has 1 aliphatic heterocycles. The summed E-state index contributed by atoms with van der Waals surface area (Å²) in [6, 6.07) is 10.3. The van der Waals surface area contributed by atoms with Gasteiger partial charge in [-0.3, -0.25) is 14.4 Å². The molecule has 160 valence electrons. The van der Waals surface area contributed by atoms with E-state index < -0.39 is 17.8 Å². The van der Waals surface area contributed by atoms with Crippen LogP contribution in [-0.4, -0.2) is 30.1 Å². The van der Waals surface area contributed by atoms with Crippen LogP contribution in [0.1, 0.15) is 19.4 Å². The second-order valence-electron chi connectivity index (χ2n) is 6.36. The molecular weight excluding hydrogens is 508 g/mol.